The second-order valence-corrected chi connectivity index (χ2v) is 5.56. The lowest BCUT2D eigenvalue weighted by Crippen LogP contribution is -2.46. The van der Waals surface area contributed by atoms with Crippen LogP contribution in [-0.4, -0.2) is 42.1 Å². The summed E-state index contributed by atoms with van der Waals surface area (Å²) in [7, 11) is 0. The summed E-state index contributed by atoms with van der Waals surface area (Å²) in [5, 5.41) is 0. The molecule has 1 fully saturated rings. The molecule has 1 aliphatic rings. The van der Waals surface area contributed by atoms with Gasteiger partial charge in [0, 0.05) is 11.3 Å². The van der Waals surface area contributed by atoms with Gasteiger partial charge in [0.1, 0.15) is 0 Å². The van der Waals surface area contributed by atoms with Crippen molar-refractivity contribution in [1.82, 2.24) is 4.90 Å². The fourth-order valence-electron chi connectivity index (χ4n) is 2.06. The van der Waals surface area contributed by atoms with Gasteiger partial charge >= 0.3 is 0 Å². The van der Waals surface area contributed by atoms with Crippen molar-refractivity contribution in [3.63, 3.8) is 0 Å². The molecule has 0 saturated carbocycles. The van der Waals surface area contributed by atoms with E-state index in [1.165, 1.54) is 45.3 Å². The van der Waals surface area contributed by atoms with E-state index in [0.717, 1.165) is 6.54 Å². The lowest BCUT2D eigenvalue weighted by Gasteiger charge is -2.40. The van der Waals surface area contributed by atoms with E-state index in [2.05, 4.69) is 18.1 Å². The standard InChI is InChI=1S/C11H24N2S/c1-3-4-7-13-8-5-11(10-12,14-2)6-9-13/h3-10,12H2,1-2H3. The first-order valence-electron chi connectivity index (χ1n) is 5.74. The minimum atomic E-state index is 0.392. The van der Waals surface area contributed by atoms with Crippen molar-refractivity contribution < 1.29 is 0 Å². The molecule has 0 aromatic heterocycles. The van der Waals surface area contributed by atoms with Crippen molar-refractivity contribution in [3.8, 4) is 0 Å². The quantitative estimate of drug-likeness (QED) is 0.761. The normalized spacial score (nSPS) is 22.5. The molecule has 0 bridgehead atoms. The lowest BCUT2D eigenvalue weighted by molar-refractivity contribution is 0.200. The summed E-state index contributed by atoms with van der Waals surface area (Å²) in [6.45, 7) is 6.88. The molecule has 3 heteroatoms. The molecule has 0 spiro atoms. The zero-order valence-corrected chi connectivity index (χ0v) is 10.4. The number of piperidine rings is 1. The molecule has 0 aromatic rings. The molecule has 2 N–H and O–H groups in total. The Labute approximate surface area is 92.6 Å². The lowest BCUT2D eigenvalue weighted by atomic mass is 9.95. The van der Waals surface area contributed by atoms with Gasteiger partial charge in [-0.2, -0.15) is 11.8 Å². The first-order chi connectivity index (χ1) is 6.76. The van der Waals surface area contributed by atoms with Crippen LogP contribution in [0.4, 0.5) is 0 Å². The maximum Gasteiger partial charge on any atom is 0.0303 e. The van der Waals surface area contributed by atoms with E-state index in [9.17, 15) is 0 Å². The molecule has 84 valence electrons. The Morgan fingerprint density at radius 3 is 2.43 bits per heavy atom. The third-order valence-electron chi connectivity index (χ3n) is 3.40. The molecule has 0 aromatic carbocycles. The van der Waals surface area contributed by atoms with Crippen LogP contribution >= 0.6 is 11.8 Å². The Balaban J connectivity index is 2.29. The van der Waals surface area contributed by atoms with E-state index < -0.39 is 0 Å². The molecule has 1 rings (SSSR count). The first kappa shape index (κ1) is 12.3. The summed E-state index contributed by atoms with van der Waals surface area (Å²) in [5.74, 6) is 0. The molecular weight excluding hydrogens is 192 g/mol. The zero-order chi connectivity index (χ0) is 10.4. The maximum absolute atomic E-state index is 5.85. The molecule has 0 unspecified atom stereocenters. The predicted octanol–water partition coefficient (Wildman–Crippen LogP) is 1.94. The summed E-state index contributed by atoms with van der Waals surface area (Å²) in [6.07, 6.45) is 7.40. The third kappa shape index (κ3) is 3.14. The molecule has 0 amide bonds. The Morgan fingerprint density at radius 1 is 1.36 bits per heavy atom. The summed E-state index contributed by atoms with van der Waals surface area (Å²) in [4.78, 5) is 2.59. The van der Waals surface area contributed by atoms with Crippen molar-refractivity contribution in [2.75, 3.05) is 32.4 Å². The number of likely N-dealkylation sites (tertiary alicyclic amines) is 1. The van der Waals surface area contributed by atoms with E-state index in [1.54, 1.807) is 0 Å². The van der Waals surface area contributed by atoms with Crippen molar-refractivity contribution >= 4 is 11.8 Å². The average Bonchev–Trinajstić information content (AvgIpc) is 2.27. The highest BCUT2D eigenvalue weighted by atomic mass is 32.2. The van der Waals surface area contributed by atoms with Gasteiger partial charge < -0.3 is 10.6 Å². The molecular formula is C11H24N2S. The van der Waals surface area contributed by atoms with Crippen LogP contribution in [0, 0.1) is 0 Å². The summed E-state index contributed by atoms with van der Waals surface area (Å²) in [6, 6.07) is 0. The fourth-order valence-corrected chi connectivity index (χ4v) is 2.81. The molecule has 0 radical (unpaired) electrons. The molecule has 1 aliphatic heterocycles. The third-order valence-corrected chi connectivity index (χ3v) is 4.84. The van der Waals surface area contributed by atoms with Gasteiger partial charge in [0.05, 0.1) is 0 Å². The highest BCUT2D eigenvalue weighted by Crippen LogP contribution is 2.33. The molecule has 14 heavy (non-hydrogen) atoms. The van der Waals surface area contributed by atoms with Crippen LogP contribution < -0.4 is 5.73 Å². The molecule has 2 nitrogen and oxygen atoms in total. The van der Waals surface area contributed by atoms with Crippen LogP contribution in [0.5, 0.6) is 0 Å². The summed E-state index contributed by atoms with van der Waals surface area (Å²) >= 11 is 1.97. The second-order valence-electron chi connectivity index (χ2n) is 4.29. The van der Waals surface area contributed by atoms with Crippen LogP contribution in [0.2, 0.25) is 0 Å². The van der Waals surface area contributed by atoms with Gasteiger partial charge in [-0.1, -0.05) is 13.3 Å². The Kier molecular flexibility index (Phi) is 5.28. The number of nitrogens with zero attached hydrogens (tertiary/aromatic N) is 1. The van der Waals surface area contributed by atoms with E-state index in [-0.39, 0.29) is 0 Å². The van der Waals surface area contributed by atoms with E-state index in [4.69, 9.17) is 5.73 Å². The summed E-state index contributed by atoms with van der Waals surface area (Å²) < 4.78 is 0.392. The molecule has 0 atom stereocenters. The number of thioether (sulfide) groups is 1. The van der Waals surface area contributed by atoms with Crippen molar-refractivity contribution in [3.05, 3.63) is 0 Å². The number of hydrogen-bond donors (Lipinski definition) is 1. The Morgan fingerprint density at radius 2 is 2.00 bits per heavy atom. The number of rotatable bonds is 5. The van der Waals surface area contributed by atoms with Gasteiger partial charge in [0.25, 0.3) is 0 Å². The second kappa shape index (κ2) is 5.99. The average molecular weight is 216 g/mol. The SMILES string of the molecule is CCCCN1CCC(CN)(SC)CC1. The van der Waals surface area contributed by atoms with Gasteiger partial charge in [-0.15, -0.1) is 0 Å². The Bertz CT molecular complexity index is 147. The fraction of sp³-hybridized carbons (Fsp3) is 1.00. The molecule has 1 saturated heterocycles. The van der Waals surface area contributed by atoms with Gasteiger partial charge in [-0.3, -0.25) is 0 Å². The maximum atomic E-state index is 5.85. The van der Waals surface area contributed by atoms with Gasteiger partial charge in [0.15, 0.2) is 0 Å². The van der Waals surface area contributed by atoms with Crippen LogP contribution in [0.15, 0.2) is 0 Å². The highest BCUT2D eigenvalue weighted by molar-refractivity contribution is 8.00. The monoisotopic (exact) mass is 216 g/mol. The van der Waals surface area contributed by atoms with Crippen molar-refractivity contribution in [1.29, 1.82) is 0 Å². The van der Waals surface area contributed by atoms with Crippen molar-refractivity contribution in [2.45, 2.75) is 37.4 Å². The van der Waals surface area contributed by atoms with Crippen LogP contribution in [0.3, 0.4) is 0 Å². The van der Waals surface area contributed by atoms with Gasteiger partial charge in [-0.05, 0) is 45.2 Å². The largest absolute Gasteiger partial charge is 0.329 e. The van der Waals surface area contributed by atoms with E-state index >= 15 is 0 Å². The minimum Gasteiger partial charge on any atom is -0.329 e. The minimum absolute atomic E-state index is 0.392. The zero-order valence-electron chi connectivity index (χ0n) is 9.59. The molecule has 0 aliphatic carbocycles. The smallest absolute Gasteiger partial charge is 0.0303 e. The van der Waals surface area contributed by atoms with Gasteiger partial charge in [0.2, 0.25) is 0 Å². The number of unbranched alkanes of at least 4 members (excludes halogenated alkanes) is 1. The van der Waals surface area contributed by atoms with Crippen LogP contribution in [0.1, 0.15) is 32.6 Å². The summed E-state index contributed by atoms with van der Waals surface area (Å²) in [5.41, 5.74) is 5.85. The topological polar surface area (TPSA) is 29.3 Å². The number of nitrogens with two attached hydrogens (primary N) is 1. The van der Waals surface area contributed by atoms with Crippen molar-refractivity contribution in [2.24, 2.45) is 5.73 Å². The first-order valence-corrected chi connectivity index (χ1v) is 6.96. The predicted molar refractivity (Wildman–Crippen MR) is 65.9 cm³/mol. The number of hydrogen-bond acceptors (Lipinski definition) is 3. The van der Waals surface area contributed by atoms with Crippen LogP contribution in [-0.2, 0) is 0 Å². The Hall–Kier alpha value is 0.270. The van der Waals surface area contributed by atoms with E-state index in [1.807, 2.05) is 11.8 Å². The van der Waals surface area contributed by atoms with Gasteiger partial charge in [-0.25, -0.2) is 0 Å². The van der Waals surface area contributed by atoms with Crippen LogP contribution in [0.25, 0.3) is 0 Å². The molecule has 1 heterocycles. The highest BCUT2D eigenvalue weighted by Gasteiger charge is 2.31. The van der Waals surface area contributed by atoms with E-state index in [0.29, 0.717) is 4.75 Å².